The summed E-state index contributed by atoms with van der Waals surface area (Å²) in [5.41, 5.74) is 1.12. The van der Waals surface area contributed by atoms with Crippen molar-refractivity contribution in [3.8, 4) is 0 Å². The van der Waals surface area contributed by atoms with Gasteiger partial charge in [-0.05, 0) is 37.0 Å². The Morgan fingerprint density at radius 3 is 2.26 bits per heavy atom. The lowest BCUT2D eigenvalue weighted by molar-refractivity contribution is -0.122. The smallest absolute Gasteiger partial charge is 0.236 e. The van der Waals surface area contributed by atoms with Crippen molar-refractivity contribution < 1.29 is 9.90 Å². The maximum atomic E-state index is 12.6. The highest BCUT2D eigenvalue weighted by molar-refractivity contribution is 8.01. The molecule has 0 heterocycles. The average Bonchev–Trinajstić information content (AvgIpc) is 3.37. The summed E-state index contributed by atoms with van der Waals surface area (Å²) in [6.07, 6.45) is 2.43. The van der Waals surface area contributed by atoms with Gasteiger partial charge in [-0.2, -0.15) is 0 Å². The summed E-state index contributed by atoms with van der Waals surface area (Å²) in [6, 6.07) is 19.7. The maximum Gasteiger partial charge on any atom is 0.236 e. The molecule has 0 spiro atoms. The summed E-state index contributed by atoms with van der Waals surface area (Å²) in [7, 11) is 0. The molecule has 0 bridgehead atoms. The second kappa shape index (κ2) is 7.20. The first-order chi connectivity index (χ1) is 11.2. The molecular formula is C19H21NO2S. The van der Waals surface area contributed by atoms with Crippen LogP contribution in [0.2, 0.25) is 0 Å². The van der Waals surface area contributed by atoms with Crippen LogP contribution in [0.1, 0.15) is 18.4 Å². The molecule has 23 heavy (non-hydrogen) atoms. The van der Waals surface area contributed by atoms with Crippen molar-refractivity contribution in [1.82, 2.24) is 5.32 Å². The normalized spacial score (nSPS) is 16.6. The second-order valence-corrected chi connectivity index (χ2v) is 7.41. The molecule has 1 aliphatic rings. The lowest BCUT2D eigenvalue weighted by Crippen LogP contribution is -2.44. The molecule has 1 fully saturated rings. The number of carbonyl (C=O) groups is 1. The number of hydrogen-bond acceptors (Lipinski definition) is 3. The van der Waals surface area contributed by atoms with Gasteiger partial charge in [0.2, 0.25) is 5.91 Å². The van der Waals surface area contributed by atoms with E-state index in [9.17, 15) is 9.90 Å². The van der Waals surface area contributed by atoms with Gasteiger partial charge in [-0.1, -0.05) is 48.5 Å². The Labute approximate surface area is 141 Å². The van der Waals surface area contributed by atoms with Crippen molar-refractivity contribution in [2.24, 2.45) is 0 Å². The van der Waals surface area contributed by atoms with Gasteiger partial charge < -0.3 is 10.4 Å². The molecule has 0 saturated heterocycles. The van der Waals surface area contributed by atoms with Gasteiger partial charge in [0, 0.05) is 4.90 Å². The van der Waals surface area contributed by atoms with Gasteiger partial charge in [0.25, 0.3) is 0 Å². The highest BCUT2D eigenvalue weighted by Crippen LogP contribution is 2.51. The van der Waals surface area contributed by atoms with E-state index in [1.807, 2.05) is 60.7 Å². The highest BCUT2D eigenvalue weighted by atomic mass is 32.2. The van der Waals surface area contributed by atoms with Crippen LogP contribution in [0, 0.1) is 0 Å². The Balaban J connectivity index is 1.61. The molecule has 0 aromatic heterocycles. The van der Waals surface area contributed by atoms with E-state index >= 15 is 0 Å². The van der Waals surface area contributed by atoms with Crippen molar-refractivity contribution >= 4 is 17.7 Å². The third-order valence-electron chi connectivity index (χ3n) is 4.05. The summed E-state index contributed by atoms with van der Waals surface area (Å²) >= 11 is 1.63. The number of amides is 1. The Morgan fingerprint density at radius 1 is 1.09 bits per heavy atom. The van der Waals surface area contributed by atoms with E-state index in [2.05, 4.69) is 5.32 Å². The molecule has 1 atom stereocenters. The van der Waals surface area contributed by atoms with Gasteiger partial charge in [0.05, 0.1) is 17.4 Å². The molecule has 1 unspecified atom stereocenters. The Morgan fingerprint density at radius 2 is 1.70 bits per heavy atom. The van der Waals surface area contributed by atoms with Crippen molar-refractivity contribution in [3.63, 3.8) is 0 Å². The van der Waals surface area contributed by atoms with Crippen LogP contribution in [-0.4, -0.2) is 28.4 Å². The lowest BCUT2D eigenvalue weighted by atomic mass is 10.1. The largest absolute Gasteiger partial charge is 0.394 e. The van der Waals surface area contributed by atoms with Crippen molar-refractivity contribution in [1.29, 1.82) is 0 Å². The number of rotatable bonds is 7. The number of carbonyl (C=O) groups excluding carboxylic acids is 1. The average molecular weight is 327 g/mol. The maximum absolute atomic E-state index is 12.6. The first-order valence-corrected chi connectivity index (χ1v) is 8.73. The molecule has 1 amide bonds. The predicted molar refractivity (Wildman–Crippen MR) is 93.4 cm³/mol. The summed E-state index contributed by atoms with van der Waals surface area (Å²) < 4.78 is -0.356. The van der Waals surface area contributed by atoms with Gasteiger partial charge in [-0.3, -0.25) is 4.79 Å². The van der Waals surface area contributed by atoms with Crippen LogP contribution in [0.5, 0.6) is 0 Å². The van der Waals surface area contributed by atoms with Crippen LogP contribution in [0.15, 0.2) is 65.6 Å². The standard InChI is InChI=1S/C19H21NO2S/c21-14-16(13-15-7-3-1-4-8-15)20-18(22)19(11-12-19)23-17-9-5-2-6-10-17/h1-10,16,21H,11-14H2,(H,20,22). The number of thioether (sulfide) groups is 1. The quantitative estimate of drug-likeness (QED) is 0.822. The van der Waals surface area contributed by atoms with E-state index in [1.54, 1.807) is 11.8 Å². The van der Waals surface area contributed by atoms with Gasteiger partial charge in [0.15, 0.2) is 0 Å². The molecule has 1 aliphatic carbocycles. The first kappa shape index (κ1) is 16.1. The van der Waals surface area contributed by atoms with E-state index in [0.29, 0.717) is 6.42 Å². The fourth-order valence-corrected chi connectivity index (χ4v) is 3.78. The SMILES string of the molecule is O=C(NC(CO)Cc1ccccc1)C1(Sc2ccccc2)CC1. The van der Waals surface area contributed by atoms with Gasteiger partial charge in [-0.15, -0.1) is 11.8 Å². The first-order valence-electron chi connectivity index (χ1n) is 7.92. The molecule has 0 aliphatic heterocycles. The molecule has 3 rings (SSSR count). The minimum absolute atomic E-state index is 0.0429. The lowest BCUT2D eigenvalue weighted by Gasteiger charge is -2.21. The highest BCUT2D eigenvalue weighted by Gasteiger charge is 2.51. The van der Waals surface area contributed by atoms with Crippen LogP contribution in [-0.2, 0) is 11.2 Å². The van der Waals surface area contributed by atoms with E-state index in [4.69, 9.17) is 0 Å². The molecule has 4 heteroatoms. The minimum Gasteiger partial charge on any atom is -0.394 e. The second-order valence-electron chi connectivity index (χ2n) is 5.95. The van der Waals surface area contributed by atoms with Gasteiger partial charge in [0.1, 0.15) is 0 Å². The fourth-order valence-electron chi connectivity index (χ4n) is 2.58. The topological polar surface area (TPSA) is 49.3 Å². The molecule has 2 aromatic rings. The number of aliphatic hydroxyl groups excluding tert-OH is 1. The molecular weight excluding hydrogens is 306 g/mol. The van der Waals surface area contributed by atoms with Crippen molar-refractivity contribution in [3.05, 3.63) is 66.2 Å². The zero-order chi connectivity index (χ0) is 16.1. The van der Waals surface area contributed by atoms with Gasteiger partial charge in [-0.25, -0.2) is 0 Å². The predicted octanol–water partition coefficient (Wildman–Crippen LogP) is 3.03. The van der Waals surface area contributed by atoms with Crippen molar-refractivity contribution in [2.75, 3.05) is 6.61 Å². The van der Waals surface area contributed by atoms with Crippen LogP contribution >= 0.6 is 11.8 Å². The zero-order valence-corrected chi connectivity index (χ0v) is 13.8. The minimum atomic E-state index is -0.356. The molecule has 2 aromatic carbocycles. The van der Waals surface area contributed by atoms with E-state index in [1.165, 1.54) is 0 Å². The summed E-state index contributed by atoms with van der Waals surface area (Å²) in [5, 5.41) is 12.6. The molecule has 2 N–H and O–H groups in total. The summed E-state index contributed by atoms with van der Waals surface area (Å²) in [6.45, 7) is -0.0489. The summed E-state index contributed by atoms with van der Waals surface area (Å²) in [5.74, 6) is 0.0429. The van der Waals surface area contributed by atoms with E-state index in [-0.39, 0.29) is 23.3 Å². The number of hydrogen-bond donors (Lipinski definition) is 2. The molecule has 3 nitrogen and oxygen atoms in total. The fraction of sp³-hybridized carbons (Fsp3) is 0.316. The third kappa shape index (κ3) is 4.15. The van der Waals surface area contributed by atoms with Crippen LogP contribution in [0.4, 0.5) is 0 Å². The van der Waals surface area contributed by atoms with Gasteiger partial charge >= 0.3 is 0 Å². The Bertz CT molecular complexity index is 641. The monoisotopic (exact) mass is 327 g/mol. The molecule has 1 saturated carbocycles. The van der Waals surface area contributed by atoms with Crippen LogP contribution in [0.3, 0.4) is 0 Å². The van der Waals surface area contributed by atoms with Crippen LogP contribution < -0.4 is 5.32 Å². The van der Waals surface area contributed by atoms with Crippen LogP contribution in [0.25, 0.3) is 0 Å². The molecule has 120 valence electrons. The number of aliphatic hydroxyl groups is 1. The zero-order valence-electron chi connectivity index (χ0n) is 12.9. The van der Waals surface area contributed by atoms with E-state index < -0.39 is 0 Å². The Hall–Kier alpha value is -1.78. The third-order valence-corrected chi connectivity index (χ3v) is 5.55. The number of benzene rings is 2. The summed E-state index contributed by atoms with van der Waals surface area (Å²) in [4.78, 5) is 13.8. The number of nitrogens with one attached hydrogen (secondary N) is 1. The van der Waals surface area contributed by atoms with E-state index in [0.717, 1.165) is 23.3 Å². The van der Waals surface area contributed by atoms with Crippen molar-refractivity contribution in [2.45, 2.75) is 34.9 Å². The Kier molecular flexibility index (Phi) is 5.03. The molecule has 0 radical (unpaired) electrons.